The number of nitrogens with zero attached hydrogens (tertiary/aromatic N) is 3. The third-order valence-corrected chi connectivity index (χ3v) is 5.21. The van der Waals surface area contributed by atoms with Gasteiger partial charge in [-0.1, -0.05) is 42.5 Å². The number of aromatic hydroxyl groups is 2. The summed E-state index contributed by atoms with van der Waals surface area (Å²) in [5, 5.41) is 20.9. The first-order valence-electron chi connectivity index (χ1n) is 10.1. The first-order chi connectivity index (χ1) is 15.1. The molecule has 154 valence electrons. The molecule has 0 saturated heterocycles. The van der Waals surface area contributed by atoms with Crippen molar-refractivity contribution >= 4 is 5.65 Å². The maximum absolute atomic E-state index is 11.0. The number of phenols is 1. The van der Waals surface area contributed by atoms with Gasteiger partial charge in [-0.2, -0.15) is 0 Å². The van der Waals surface area contributed by atoms with Gasteiger partial charge in [0.05, 0.1) is 17.8 Å². The first kappa shape index (κ1) is 18.9. The molecule has 0 bridgehead atoms. The number of benzene rings is 2. The minimum Gasteiger partial charge on any atom is -0.508 e. The second-order valence-electron chi connectivity index (χ2n) is 7.55. The van der Waals surface area contributed by atoms with Crippen molar-refractivity contribution in [2.24, 2.45) is 0 Å². The fourth-order valence-corrected chi connectivity index (χ4v) is 3.72. The maximum Gasteiger partial charge on any atom is 0.219 e. The zero-order valence-corrected chi connectivity index (χ0v) is 17.0. The maximum atomic E-state index is 11.0. The quantitative estimate of drug-likeness (QED) is 0.430. The van der Waals surface area contributed by atoms with Gasteiger partial charge in [-0.15, -0.1) is 0 Å². The molecule has 2 aromatic carbocycles. The summed E-state index contributed by atoms with van der Waals surface area (Å²) >= 11 is 0. The molecule has 0 aliphatic rings. The van der Waals surface area contributed by atoms with Gasteiger partial charge in [-0.3, -0.25) is 4.40 Å². The van der Waals surface area contributed by atoms with Crippen LogP contribution >= 0.6 is 0 Å². The highest BCUT2D eigenvalue weighted by Crippen LogP contribution is 2.29. The standard InChI is InChI=1S/C25H21N3O3/c1-16-10-11-20(31-16)14-22-25(30)28-15-23(18-8-5-9-19(29)13-18)26-21(24(28)27-22)12-17-6-3-2-4-7-17/h2-11,13,15,29-30H,12,14H2,1H3. The lowest BCUT2D eigenvalue weighted by Crippen LogP contribution is -2.00. The Morgan fingerprint density at radius 1 is 0.871 bits per heavy atom. The van der Waals surface area contributed by atoms with Crippen molar-refractivity contribution in [3.8, 4) is 22.9 Å². The lowest BCUT2D eigenvalue weighted by molar-refractivity contribution is 0.436. The topological polar surface area (TPSA) is 83.8 Å². The number of furan rings is 1. The Hall–Kier alpha value is -4.06. The molecular formula is C25H21N3O3. The molecule has 0 spiro atoms. The number of fused-ring (bicyclic) bond motifs is 1. The summed E-state index contributed by atoms with van der Waals surface area (Å²) in [6.07, 6.45) is 2.69. The van der Waals surface area contributed by atoms with E-state index in [9.17, 15) is 10.2 Å². The molecule has 0 fully saturated rings. The molecule has 2 N–H and O–H groups in total. The monoisotopic (exact) mass is 411 g/mol. The Bertz CT molecular complexity index is 1370. The number of rotatable bonds is 5. The van der Waals surface area contributed by atoms with Crippen molar-refractivity contribution in [1.82, 2.24) is 14.4 Å². The van der Waals surface area contributed by atoms with Crippen molar-refractivity contribution in [2.45, 2.75) is 19.8 Å². The van der Waals surface area contributed by atoms with Crippen LogP contribution in [-0.4, -0.2) is 24.6 Å². The zero-order valence-electron chi connectivity index (χ0n) is 17.0. The van der Waals surface area contributed by atoms with Gasteiger partial charge in [-0.05, 0) is 36.8 Å². The number of hydrogen-bond acceptors (Lipinski definition) is 5. The van der Waals surface area contributed by atoms with Gasteiger partial charge in [0.2, 0.25) is 5.88 Å². The largest absolute Gasteiger partial charge is 0.508 e. The van der Waals surface area contributed by atoms with E-state index in [-0.39, 0.29) is 11.6 Å². The van der Waals surface area contributed by atoms with Gasteiger partial charge < -0.3 is 14.6 Å². The predicted molar refractivity (Wildman–Crippen MR) is 117 cm³/mol. The van der Waals surface area contributed by atoms with Crippen molar-refractivity contribution in [3.05, 3.63) is 101 Å². The van der Waals surface area contributed by atoms with Crippen molar-refractivity contribution in [1.29, 1.82) is 0 Å². The van der Waals surface area contributed by atoms with Crippen molar-refractivity contribution < 1.29 is 14.6 Å². The fourth-order valence-electron chi connectivity index (χ4n) is 3.72. The summed E-state index contributed by atoms with van der Waals surface area (Å²) in [6, 6.07) is 20.7. The summed E-state index contributed by atoms with van der Waals surface area (Å²) in [7, 11) is 0. The Morgan fingerprint density at radius 3 is 2.45 bits per heavy atom. The Morgan fingerprint density at radius 2 is 1.71 bits per heavy atom. The van der Waals surface area contributed by atoms with E-state index in [4.69, 9.17) is 14.4 Å². The van der Waals surface area contributed by atoms with E-state index in [1.54, 1.807) is 28.8 Å². The summed E-state index contributed by atoms with van der Waals surface area (Å²) < 4.78 is 7.33. The van der Waals surface area contributed by atoms with Crippen LogP contribution in [-0.2, 0) is 12.8 Å². The summed E-state index contributed by atoms with van der Waals surface area (Å²) in [4.78, 5) is 9.55. The lowest BCUT2D eigenvalue weighted by atomic mass is 10.1. The van der Waals surface area contributed by atoms with Crippen molar-refractivity contribution in [3.63, 3.8) is 0 Å². The average Bonchev–Trinajstić information content (AvgIpc) is 3.32. The molecule has 0 atom stereocenters. The van der Waals surface area contributed by atoms with E-state index in [1.807, 2.05) is 55.5 Å². The third kappa shape index (κ3) is 3.75. The van der Waals surface area contributed by atoms with E-state index < -0.39 is 0 Å². The van der Waals surface area contributed by atoms with Gasteiger partial charge in [0.15, 0.2) is 5.65 Å². The van der Waals surface area contributed by atoms with E-state index in [0.717, 1.165) is 28.3 Å². The number of hydrogen-bond donors (Lipinski definition) is 2. The van der Waals surface area contributed by atoms with E-state index in [1.165, 1.54) is 0 Å². The van der Waals surface area contributed by atoms with E-state index in [2.05, 4.69) is 0 Å². The van der Waals surface area contributed by atoms with Crippen LogP contribution in [0.15, 0.2) is 77.3 Å². The summed E-state index contributed by atoms with van der Waals surface area (Å²) in [5.41, 5.74) is 4.36. The van der Waals surface area contributed by atoms with Crippen LogP contribution in [0, 0.1) is 6.92 Å². The van der Waals surface area contributed by atoms with Gasteiger partial charge >= 0.3 is 0 Å². The first-order valence-corrected chi connectivity index (χ1v) is 10.1. The van der Waals surface area contributed by atoms with Crippen LogP contribution in [0.1, 0.15) is 28.5 Å². The van der Waals surface area contributed by atoms with Crippen LogP contribution < -0.4 is 0 Å². The molecule has 0 aliphatic heterocycles. The van der Waals surface area contributed by atoms with Crippen LogP contribution in [0.25, 0.3) is 16.9 Å². The number of imidazole rings is 1. The molecule has 0 radical (unpaired) electrons. The third-order valence-electron chi connectivity index (χ3n) is 5.21. The zero-order chi connectivity index (χ0) is 21.4. The smallest absolute Gasteiger partial charge is 0.219 e. The minimum absolute atomic E-state index is 0.0576. The minimum atomic E-state index is 0.0576. The van der Waals surface area contributed by atoms with Gasteiger partial charge in [0, 0.05) is 18.2 Å². The second kappa shape index (κ2) is 7.65. The Kier molecular flexibility index (Phi) is 4.67. The number of phenolic OH excluding ortho intramolecular Hbond substituents is 1. The fraction of sp³-hybridized carbons (Fsp3) is 0.120. The van der Waals surface area contributed by atoms with Crippen LogP contribution in [0.2, 0.25) is 0 Å². The molecule has 3 heterocycles. The second-order valence-corrected chi connectivity index (χ2v) is 7.55. The number of aromatic nitrogens is 3. The highest BCUT2D eigenvalue weighted by Gasteiger charge is 2.19. The van der Waals surface area contributed by atoms with Gasteiger partial charge in [0.25, 0.3) is 0 Å². The highest BCUT2D eigenvalue weighted by atomic mass is 16.3. The molecule has 5 rings (SSSR count). The molecule has 5 aromatic rings. The van der Waals surface area contributed by atoms with Gasteiger partial charge in [0.1, 0.15) is 23.0 Å². The van der Waals surface area contributed by atoms with E-state index >= 15 is 0 Å². The Labute approximate surface area is 179 Å². The van der Waals surface area contributed by atoms with Crippen LogP contribution in [0.4, 0.5) is 0 Å². The van der Waals surface area contributed by atoms with Crippen LogP contribution in [0.5, 0.6) is 11.6 Å². The molecule has 31 heavy (non-hydrogen) atoms. The summed E-state index contributed by atoms with van der Waals surface area (Å²) in [5.74, 6) is 1.77. The highest BCUT2D eigenvalue weighted by molar-refractivity contribution is 5.64. The molecule has 6 nitrogen and oxygen atoms in total. The van der Waals surface area contributed by atoms with Crippen LogP contribution in [0.3, 0.4) is 0 Å². The molecule has 0 aliphatic carbocycles. The van der Waals surface area contributed by atoms with E-state index in [0.29, 0.717) is 29.9 Å². The molecular weight excluding hydrogens is 390 g/mol. The predicted octanol–water partition coefficient (Wildman–Crippen LogP) is 4.89. The SMILES string of the molecule is Cc1ccc(Cc2nc3c(Cc4ccccc4)nc(-c4cccc(O)c4)cn3c2O)o1. The average molecular weight is 411 g/mol. The Balaban J connectivity index is 1.66. The lowest BCUT2D eigenvalue weighted by Gasteiger charge is -2.09. The van der Waals surface area contributed by atoms with Crippen molar-refractivity contribution in [2.75, 3.05) is 0 Å². The normalized spacial score (nSPS) is 11.3. The number of aryl methyl sites for hydroxylation is 1. The molecule has 0 amide bonds. The summed E-state index contributed by atoms with van der Waals surface area (Å²) in [6.45, 7) is 1.89. The van der Waals surface area contributed by atoms with Gasteiger partial charge in [-0.25, -0.2) is 9.97 Å². The molecule has 0 saturated carbocycles. The molecule has 6 heteroatoms. The molecule has 3 aromatic heterocycles. The molecule has 0 unspecified atom stereocenters.